The Labute approximate surface area is 163 Å². The SMILES string of the molecule is Cc1cc(C(=O)Nc2cc(C(=O)Nc3cc(C)c(C)nc3C)ccc2C)no1. The van der Waals surface area contributed by atoms with Crippen molar-refractivity contribution in [2.45, 2.75) is 34.6 Å². The van der Waals surface area contributed by atoms with Crippen LogP contribution in [-0.4, -0.2) is 22.0 Å². The lowest BCUT2D eigenvalue weighted by molar-refractivity contribution is 0.101. The van der Waals surface area contributed by atoms with Crippen LogP contribution >= 0.6 is 0 Å². The Morgan fingerprint density at radius 2 is 1.54 bits per heavy atom. The maximum absolute atomic E-state index is 12.7. The predicted molar refractivity (Wildman–Crippen MR) is 107 cm³/mol. The molecule has 0 bridgehead atoms. The van der Waals surface area contributed by atoms with Crippen LogP contribution in [0.4, 0.5) is 11.4 Å². The second-order valence-corrected chi connectivity index (χ2v) is 6.78. The number of rotatable bonds is 4. The van der Waals surface area contributed by atoms with E-state index in [9.17, 15) is 9.59 Å². The van der Waals surface area contributed by atoms with Crippen molar-refractivity contribution in [2.75, 3.05) is 10.6 Å². The lowest BCUT2D eigenvalue weighted by Crippen LogP contribution is -2.16. The van der Waals surface area contributed by atoms with E-state index < -0.39 is 5.91 Å². The lowest BCUT2D eigenvalue weighted by atomic mass is 10.1. The molecule has 0 radical (unpaired) electrons. The van der Waals surface area contributed by atoms with Gasteiger partial charge >= 0.3 is 0 Å². The van der Waals surface area contributed by atoms with Crippen LogP contribution in [0.5, 0.6) is 0 Å². The Bertz CT molecular complexity index is 1070. The maximum atomic E-state index is 12.7. The molecule has 0 atom stereocenters. The van der Waals surface area contributed by atoms with Crippen molar-refractivity contribution in [1.82, 2.24) is 10.1 Å². The van der Waals surface area contributed by atoms with Gasteiger partial charge < -0.3 is 15.2 Å². The van der Waals surface area contributed by atoms with Gasteiger partial charge in [-0.2, -0.15) is 0 Å². The monoisotopic (exact) mass is 378 g/mol. The predicted octanol–water partition coefficient (Wildman–Crippen LogP) is 4.12. The summed E-state index contributed by atoms with van der Waals surface area (Å²) in [6.07, 6.45) is 0. The van der Waals surface area contributed by atoms with E-state index in [0.29, 0.717) is 22.7 Å². The average molecular weight is 378 g/mol. The zero-order valence-corrected chi connectivity index (χ0v) is 16.5. The minimum Gasteiger partial charge on any atom is -0.361 e. The summed E-state index contributed by atoms with van der Waals surface area (Å²) in [5.74, 6) is -0.125. The standard InChI is InChI=1S/C21H22N4O3/c1-11-6-7-16(10-17(11)23-21(27)19-9-13(3)28-25-19)20(26)24-18-8-12(2)14(4)22-15(18)5/h6-10H,1-5H3,(H,23,27)(H,24,26). The molecule has 0 fully saturated rings. The van der Waals surface area contributed by atoms with Gasteiger partial charge in [-0.25, -0.2) is 0 Å². The van der Waals surface area contributed by atoms with E-state index in [-0.39, 0.29) is 11.6 Å². The lowest BCUT2D eigenvalue weighted by Gasteiger charge is -2.12. The van der Waals surface area contributed by atoms with E-state index >= 15 is 0 Å². The zero-order valence-electron chi connectivity index (χ0n) is 16.5. The molecule has 2 N–H and O–H groups in total. The first-order valence-corrected chi connectivity index (χ1v) is 8.86. The molecule has 7 heteroatoms. The molecule has 0 saturated heterocycles. The van der Waals surface area contributed by atoms with E-state index in [2.05, 4.69) is 20.8 Å². The number of pyridine rings is 1. The van der Waals surface area contributed by atoms with Gasteiger partial charge in [-0.1, -0.05) is 11.2 Å². The molecule has 0 spiro atoms. The van der Waals surface area contributed by atoms with E-state index in [0.717, 1.165) is 22.5 Å². The molecule has 0 unspecified atom stereocenters. The van der Waals surface area contributed by atoms with Crippen molar-refractivity contribution < 1.29 is 14.1 Å². The second-order valence-electron chi connectivity index (χ2n) is 6.78. The molecule has 2 heterocycles. The Morgan fingerprint density at radius 1 is 0.821 bits per heavy atom. The number of hydrogen-bond acceptors (Lipinski definition) is 5. The van der Waals surface area contributed by atoms with Gasteiger partial charge in [0, 0.05) is 23.0 Å². The topological polar surface area (TPSA) is 97.1 Å². The number of nitrogens with zero attached hydrogens (tertiary/aromatic N) is 2. The number of aryl methyl sites for hydroxylation is 5. The Balaban J connectivity index is 1.81. The normalized spacial score (nSPS) is 10.6. The van der Waals surface area contributed by atoms with Gasteiger partial charge in [0.1, 0.15) is 5.76 Å². The Hall–Kier alpha value is -3.48. The Kier molecular flexibility index (Phi) is 5.26. The van der Waals surface area contributed by atoms with Crippen LogP contribution in [0, 0.1) is 34.6 Å². The molecule has 2 amide bonds. The van der Waals surface area contributed by atoms with Gasteiger partial charge in [0.2, 0.25) is 0 Å². The van der Waals surface area contributed by atoms with Crippen molar-refractivity contribution in [2.24, 2.45) is 0 Å². The van der Waals surface area contributed by atoms with Crippen LogP contribution in [0.3, 0.4) is 0 Å². The van der Waals surface area contributed by atoms with Crippen molar-refractivity contribution >= 4 is 23.2 Å². The van der Waals surface area contributed by atoms with Crippen molar-refractivity contribution in [3.63, 3.8) is 0 Å². The average Bonchev–Trinajstić information content (AvgIpc) is 3.08. The zero-order chi connectivity index (χ0) is 20.4. The van der Waals surface area contributed by atoms with Crippen LogP contribution in [0.2, 0.25) is 0 Å². The first-order chi connectivity index (χ1) is 13.2. The van der Waals surface area contributed by atoms with Gasteiger partial charge in [0.05, 0.1) is 11.4 Å². The van der Waals surface area contributed by atoms with E-state index in [1.165, 1.54) is 0 Å². The minimum atomic E-state index is -0.397. The molecule has 144 valence electrons. The quantitative estimate of drug-likeness (QED) is 0.712. The first-order valence-electron chi connectivity index (χ1n) is 8.86. The molecular weight excluding hydrogens is 356 g/mol. The molecule has 0 aliphatic rings. The molecular formula is C21H22N4O3. The van der Waals surface area contributed by atoms with E-state index in [1.807, 2.05) is 33.8 Å². The second kappa shape index (κ2) is 7.64. The van der Waals surface area contributed by atoms with Crippen molar-refractivity contribution in [3.05, 3.63) is 69.9 Å². The molecule has 28 heavy (non-hydrogen) atoms. The highest BCUT2D eigenvalue weighted by molar-refractivity contribution is 6.07. The number of carbonyl (C=O) groups is 2. The fourth-order valence-electron chi connectivity index (χ4n) is 2.70. The summed E-state index contributed by atoms with van der Waals surface area (Å²) in [7, 11) is 0. The summed E-state index contributed by atoms with van der Waals surface area (Å²) in [6.45, 7) is 9.29. The largest absolute Gasteiger partial charge is 0.361 e. The molecule has 3 aromatic rings. The highest BCUT2D eigenvalue weighted by Crippen LogP contribution is 2.21. The molecule has 7 nitrogen and oxygen atoms in total. The summed E-state index contributed by atoms with van der Waals surface area (Å²) < 4.78 is 4.93. The van der Waals surface area contributed by atoms with Crippen LogP contribution < -0.4 is 10.6 Å². The summed E-state index contributed by atoms with van der Waals surface area (Å²) in [5.41, 5.74) is 5.32. The Morgan fingerprint density at radius 3 is 2.21 bits per heavy atom. The highest BCUT2D eigenvalue weighted by Gasteiger charge is 2.15. The van der Waals surface area contributed by atoms with Crippen LogP contribution in [0.25, 0.3) is 0 Å². The molecule has 3 rings (SSSR count). The van der Waals surface area contributed by atoms with Gasteiger partial charge in [0.25, 0.3) is 11.8 Å². The van der Waals surface area contributed by atoms with Crippen molar-refractivity contribution in [3.8, 4) is 0 Å². The van der Waals surface area contributed by atoms with Crippen LogP contribution in [0.1, 0.15) is 49.1 Å². The number of aromatic nitrogens is 2. The molecule has 1 aromatic carbocycles. The fraction of sp³-hybridized carbons (Fsp3) is 0.238. The van der Waals surface area contributed by atoms with Crippen molar-refractivity contribution in [1.29, 1.82) is 0 Å². The van der Waals surface area contributed by atoms with Gasteiger partial charge in [-0.3, -0.25) is 14.6 Å². The molecule has 0 aliphatic carbocycles. The van der Waals surface area contributed by atoms with Gasteiger partial charge in [-0.05, 0) is 63.9 Å². The first kappa shape index (κ1) is 19.3. The molecule has 0 aliphatic heterocycles. The third-order valence-corrected chi connectivity index (χ3v) is 4.51. The number of nitrogens with one attached hydrogen (secondary N) is 2. The number of anilines is 2. The van der Waals surface area contributed by atoms with Crippen LogP contribution in [-0.2, 0) is 0 Å². The number of amides is 2. The van der Waals surface area contributed by atoms with Crippen LogP contribution in [0.15, 0.2) is 34.9 Å². The number of benzene rings is 1. The summed E-state index contributed by atoms with van der Waals surface area (Å²) in [4.78, 5) is 29.5. The summed E-state index contributed by atoms with van der Waals surface area (Å²) in [6, 6.07) is 8.59. The molecule has 0 saturated carbocycles. The van der Waals surface area contributed by atoms with E-state index in [1.54, 1.807) is 31.2 Å². The maximum Gasteiger partial charge on any atom is 0.277 e. The fourth-order valence-corrected chi connectivity index (χ4v) is 2.70. The molecule has 2 aromatic heterocycles. The highest BCUT2D eigenvalue weighted by atomic mass is 16.5. The third-order valence-electron chi connectivity index (χ3n) is 4.51. The smallest absolute Gasteiger partial charge is 0.277 e. The summed E-state index contributed by atoms with van der Waals surface area (Å²) >= 11 is 0. The van der Waals surface area contributed by atoms with Gasteiger partial charge in [-0.15, -0.1) is 0 Å². The summed E-state index contributed by atoms with van der Waals surface area (Å²) in [5, 5.41) is 9.37. The minimum absolute atomic E-state index is 0.184. The number of carbonyl (C=O) groups excluding carboxylic acids is 2. The van der Waals surface area contributed by atoms with E-state index in [4.69, 9.17) is 4.52 Å². The third kappa shape index (κ3) is 4.09. The number of hydrogen-bond donors (Lipinski definition) is 2. The van der Waals surface area contributed by atoms with Gasteiger partial charge in [0.15, 0.2) is 5.69 Å².